The molecule has 2 aliphatic heterocycles. The van der Waals surface area contributed by atoms with Gasteiger partial charge >= 0.3 is 5.97 Å². The first kappa shape index (κ1) is 23.2. The molecule has 0 spiro atoms. The lowest BCUT2D eigenvalue weighted by molar-refractivity contribution is -0.136. The zero-order chi connectivity index (χ0) is 23.5. The average molecular weight is 471 g/mol. The van der Waals surface area contributed by atoms with Gasteiger partial charge in [-0.25, -0.2) is 9.78 Å². The molecular formula is C24H27ClN4O4. The number of rotatable bonds is 6. The standard InChI is InChI=1S/C24H27ClN4O4/c1-15-12-16(2-3-19(15)25)14-28-10-7-18(8-11-28)29-20(4-5-22(29)30)23(31)27-21-13-17(24(32)33)6-9-26-21/h2-3,6,9,12-13,18,20H,4-5,7-8,10-11,14H2,1H3,(H,32,33)(H,26,27,31). The lowest BCUT2D eigenvalue weighted by Gasteiger charge is -2.39. The Balaban J connectivity index is 1.37. The molecule has 2 aliphatic rings. The van der Waals surface area contributed by atoms with Gasteiger partial charge in [0.2, 0.25) is 11.8 Å². The zero-order valence-corrected chi connectivity index (χ0v) is 19.2. The van der Waals surface area contributed by atoms with Crippen molar-refractivity contribution in [3.05, 3.63) is 58.2 Å². The number of piperidine rings is 1. The van der Waals surface area contributed by atoms with Gasteiger partial charge in [-0.2, -0.15) is 0 Å². The number of likely N-dealkylation sites (tertiary alicyclic amines) is 2. The normalized spacial score (nSPS) is 19.6. The predicted octanol–water partition coefficient (Wildman–Crippen LogP) is 3.34. The van der Waals surface area contributed by atoms with Crippen LogP contribution < -0.4 is 5.32 Å². The number of hydrogen-bond acceptors (Lipinski definition) is 5. The van der Waals surface area contributed by atoms with Crippen LogP contribution in [0.5, 0.6) is 0 Å². The van der Waals surface area contributed by atoms with E-state index in [9.17, 15) is 14.4 Å². The van der Waals surface area contributed by atoms with Crippen LogP contribution in [0.3, 0.4) is 0 Å². The quantitative estimate of drug-likeness (QED) is 0.671. The van der Waals surface area contributed by atoms with E-state index in [1.54, 1.807) is 4.90 Å². The number of aromatic carboxylic acids is 1. The molecule has 2 aromatic rings. The number of nitrogens with zero attached hydrogens (tertiary/aromatic N) is 3. The number of pyridine rings is 1. The van der Waals surface area contributed by atoms with Gasteiger partial charge in [0.1, 0.15) is 11.9 Å². The number of anilines is 1. The van der Waals surface area contributed by atoms with Crippen LogP contribution in [0.2, 0.25) is 5.02 Å². The molecule has 9 heteroatoms. The third kappa shape index (κ3) is 5.34. The molecule has 1 aromatic heterocycles. The van der Waals surface area contributed by atoms with Gasteiger partial charge in [0.25, 0.3) is 0 Å². The van der Waals surface area contributed by atoms with Crippen molar-refractivity contribution in [2.24, 2.45) is 0 Å². The Hall–Kier alpha value is -2.97. The van der Waals surface area contributed by atoms with E-state index in [-0.39, 0.29) is 29.2 Å². The number of amides is 2. The molecule has 1 unspecified atom stereocenters. The van der Waals surface area contributed by atoms with E-state index in [0.29, 0.717) is 12.8 Å². The molecule has 0 saturated carbocycles. The van der Waals surface area contributed by atoms with Gasteiger partial charge in [0.05, 0.1) is 5.56 Å². The summed E-state index contributed by atoms with van der Waals surface area (Å²) in [4.78, 5) is 44.9. The summed E-state index contributed by atoms with van der Waals surface area (Å²) < 4.78 is 0. The number of halogens is 1. The van der Waals surface area contributed by atoms with E-state index in [4.69, 9.17) is 16.7 Å². The van der Waals surface area contributed by atoms with Crippen LogP contribution in [0.25, 0.3) is 0 Å². The molecule has 8 nitrogen and oxygen atoms in total. The number of benzene rings is 1. The minimum atomic E-state index is -1.09. The van der Waals surface area contributed by atoms with Crippen molar-refractivity contribution in [2.75, 3.05) is 18.4 Å². The first-order valence-corrected chi connectivity index (χ1v) is 11.5. The zero-order valence-electron chi connectivity index (χ0n) is 18.5. The smallest absolute Gasteiger partial charge is 0.335 e. The average Bonchev–Trinajstić information content (AvgIpc) is 3.18. The second kappa shape index (κ2) is 9.89. The summed E-state index contributed by atoms with van der Waals surface area (Å²) in [6.45, 7) is 4.50. The molecule has 2 N–H and O–H groups in total. The summed E-state index contributed by atoms with van der Waals surface area (Å²) in [7, 11) is 0. The van der Waals surface area contributed by atoms with E-state index in [2.05, 4.69) is 21.3 Å². The van der Waals surface area contributed by atoms with Gasteiger partial charge < -0.3 is 15.3 Å². The maximum atomic E-state index is 12.9. The van der Waals surface area contributed by atoms with Crippen LogP contribution in [0.4, 0.5) is 5.82 Å². The second-order valence-corrected chi connectivity index (χ2v) is 9.08. The summed E-state index contributed by atoms with van der Waals surface area (Å²) in [5.74, 6) is -1.25. The van der Waals surface area contributed by atoms with Crippen molar-refractivity contribution in [1.82, 2.24) is 14.8 Å². The molecule has 4 rings (SSSR count). The molecular weight excluding hydrogens is 444 g/mol. The number of carbonyl (C=O) groups is 3. The highest BCUT2D eigenvalue weighted by Gasteiger charge is 2.41. The second-order valence-electron chi connectivity index (χ2n) is 8.67. The summed E-state index contributed by atoms with van der Waals surface area (Å²) in [5, 5.41) is 12.6. The fourth-order valence-electron chi connectivity index (χ4n) is 4.68. The molecule has 33 heavy (non-hydrogen) atoms. The molecule has 2 saturated heterocycles. The maximum absolute atomic E-state index is 12.9. The monoisotopic (exact) mass is 470 g/mol. The van der Waals surface area contributed by atoms with Crippen LogP contribution in [-0.4, -0.2) is 62.8 Å². The number of carbonyl (C=O) groups excluding carboxylic acids is 2. The van der Waals surface area contributed by atoms with E-state index in [1.165, 1.54) is 23.9 Å². The van der Waals surface area contributed by atoms with Gasteiger partial charge in [0, 0.05) is 43.3 Å². The highest BCUT2D eigenvalue weighted by atomic mass is 35.5. The van der Waals surface area contributed by atoms with Crippen molar-refractivity contribution in [2.45, 2.75) is 51.2 Å². The Kier molecular flexibility index (Phi) is 6.95. The van der Waals surface area contributed by atoms with Gasteiger partial charge in [-0.05, 0) is 55.5 Å². The predicted molar refractivity (Wildman–Crippen MR) is 124 cm³/mol. The number of aromatic nitrogens is 1. The van der Waals surface area contributed by atoms with Crippen LogP contribution >= 0.6 is 11.6 Å². The topological polar surface area (TPSA) is 103 Å². The first-order valence-electron chi connectivity index (χ1n) is 11.1. The minimum Gasteiger partial charge on any atom is -0.478 e. The summed E-state index contributed by atoms with van der Waals surface area (Å²) in [5.41, 5.74) is 2.31. The number of hydrogen-bond donors (Lipinski definition) is 2. The Morgan fingerprint density at radius 3 is 2.64 bits per heavy atom. The van der Waals surface area contributed by atoms with Crippen molar-refractivity contribution < 1.29 is 19.5 Å². The molecule has 0 bridgehead atoms. The molecule has 2 amide bonds. The number of nitrogens with one attached hydrogen (secondary N) is 1. The van der Waals surface area contributed by atoms with E-state index in [1.807, 2.05) is 19.1 Å². The van der Waals surface area contributed by atoms with E-state index in [0.717, 1.165) is 43.1 Å². The van der Waals surface area contributed by atoms with Crippen LogP contribution in [0, 0.1) is 6.92 Å². The Morgan fingerprint density at radius 2 is 1.94 bits per heavy atom. The fraction of sp³-hybridized carbons (Fsp3) is 0.417. The summed E-state index contributed by atoms with van der Waals surface area (Å²) >= 11 is 6.13. The van der Waals surface area contributed by atoms with Gasteiger partial charge in [-0.3, -0.25) is 14.5 Å². The van der Waals surface area contributed by atoms with Gasteiger partial charge in [-0.15, -0.1) is 0 Å². The summed E-state index contributed by atoms with van der Waals surface area (Å²) in [6.07, 6.45) is 3.73. The maximum Gasteiger partial charge on any atom is 0.335 e. The lowest BCUT2D eigenvalue weighted by Crippen LogP contribution is -2.51. The Labute approximate surface area is 197 Å². The molecule has 3 heterocycles. The third-order valence-corrected chi connectivity index (χ3v) is 6.82. The van der Waals surface area contributed by atoms with Crippen LogP contribution in [0.1, 0.15) is 47.2 Å². The Morgan fingerprint density at radius 1 is 1.18 bits per heavy atom. The molecule has 0 aliphatic carbocycles. The van der Waals surface area contributed by atoms with Gasteiger partial charge in [-0.1, -0.05) is 23.7 Å². The molecule has 1 aromatic carbocycles. The molecule has 2 fully saturated rings. The number of carboxylic acids is 1. The largest absolute Gasteiger partial charge is 0.478 e. The van der Waals surface area contributed by atoms with E-state index >= 15 is 0 Å². The highest BCUT2D eigenvalue weighted by Crippen LogP contribution is 2.29. The third-order valence-electron chi connectivity index (χ3n) is 6.40. The van der Waals surface area contributed by atoms with Crippen molar-refractivity contribution in [3.63, 3.8) is 0 Å². The number of carboxylic acid groups (broad SMARTS) is 1. The molecule has 1 atom stereocenters. The SMILES string of the molecule is Cc1cc(CN2CCC(N3C(=O)CCC3C(=O)Nc3cc(C(=O)O)ccn3)CC2)ccc1Cl. The van der Waals surface area contributed by atoms with Crippen molar-refractivity contribution in [3.8, 4) is 0 Å². The molecule has 174 valence electrons. The van der Waals surface area contributed by atoms with Crippen molar-refractivity contribution >= 4 is 35.2 Å². The fourth-order valence-corrected chi connectivity index (χ4v) is 4.80. The van der Waals surface area contributed by atoms with Gasteiger partial charge in [0.15, 0.2) is 0 Å². The van der Waals surface area contributed by atoms with Crippen LogP contribution in [-0.2, 0) is 16.1 Å². The Bertz CT molecular complexity index is 1070. The molecule has 0 radical (unpaired) electrons. The lowest BCUT2D eigenvalue weighted by atomic mass is 10.0. The highest BCUT2D eigenvalue weighted by molar-refractivity contribution is 6.31. The van der Waals surface area contributed by atoms with E-state index < -0.39 is 12.0 Å². The first-order chi connectivity index (χ1) is 15.8. The number of aryl methyl sites for hydroxylation is 1. The minimum absolute atomic E-state index is 0.00540. The summed E-state index contributed by atoms with van der Waals surface area (Å²) in [6, 6.07) is 8.19. The van der Waals surface area contributed by atoms with Crippen molar-refractivity contribution in [1.29, 1.82) is 0 Å². The van der Waals surface area contributed by atoms with Crippen LogP contribution in [0.15, 0.2) is 36.5 Å².